The maximum absolute atomic E-state index is 10.3. The van der Waals surface area contributed by atoms with Gasteiger partial charge >= 0.3 is 12.0 Å². The van der Waals surface area contributed by atoms with Crippen LogP contribution in [0.25, 0.3) is 11.1 Å². The molecule has 0 unspecified atom stereocenters. The van der Waals surface area contributed by atoms with Gasteiger partial charge in [0.25, 0.3) is 0 Å². The number of nitrogens with zero attached hydrogens (tertiary/aromatic N) is 1. The summed E-state index contributed by atoms with van der Waals surface area (Å²) >= 11 is 4.87. The summed E-state index contributed by atoms with van der Waals surface area (Å²) in [6, 6.07) is 7.19. The molecule has 0 aliphatic rings. The fraction of sp³-hybridized carbons (Fsp3) is 0.182. The minimum Gasteiger partial charge on any atom is -0.481 e. The number of aliphatic carboxylic acids is 1. The van der Waals surface area contributed by atoms with Crippen molar-refractivity contribution in [3.63, 3.8) is 0 Å². The lowest BCUT2D eigenvalue weighted by atomic mass is 10.3. The fourth-order valence-corrected chi connectivity index (χ4v) is 1.43. The Morgan fingerprint density at radius 3 is 2.88 bits per heavy atom. The van der Waals surface area contributed by atoms with Crippen molar-refractivity contribution in [2.24, 2.45) is 0 Å². The summed E-state index contributed by atoms with van der Waals surface area (Å²) < 4.78 is 10.4. The van der Waals surface area contributed by atoms with Gasteiger partial charge < -0.3 is 14.3 Å². The molecule has 17 heavy (non-hydrogen) atoms. The third-order valence-corrected chi connectivity index (χ3v) is 2.31. The zero-order valence-electron chi connectivity index (χ0n) is 8.75. The quantitative estimate of drug-likeness (QED) is 0.841. The summed E-state index contributed by atoms with van der Waals surface area (Å²) in [6.07, 6.45) is 0.129. The van der Waals surface area contributed by atoms with Gasteiger partial charge in [0.05, 0.1) is 6.42 Å². The summed E-state index contributed by atoms with van der Waals surface area (Å²) in [5.74, 6) is -0.923. The van der Waals surface area contributed by atoms with E-state index in [1.807, 2.05) is 12.1 Å². The Hall–Kier alpha value is -1.95. The van der Waals surface area contributed by atoms with Gasteiger partial charge in [-0.3, -0.25) is 4.79 Å². The molecule has 0 fully saturated rings. The van der Waals surface area contributed by atoms with Gasteiger partial charge in [-0.1, -0.05) is 12.1 Å². The first-order valence-electron chi connectivity index (χ1n) is 4.93. The van der Waals surface area contributed by atoms with Crippen LogP contribution in [0.2, 0.25) is 0 Å². The molecule has 2 rings (SSSR count). The highest BCUT2D eigenvalue weighted by Crippen LogP contribution is 2.20. The molecule has 0 bridgehead atoms. The second kappa shape index (κ2) is 4.92. The van der Waals surface area contributed by atoms with Crippen LogP contribution in [0, 0.1) is 0 Å². The van der Waals surface area contributed by atoms with E-state index in [1.165, 1.54) is 0 Å². The molecule has 0 aliphatic carbocycles. The highest BCUT2D eigenvalue weighted by molar-refractivity contribution is 7.80. The first-order chi connectivity index (χ1) is 8.15. The number of carboxylic acids is 1. The van der Waals surface area contributed by atoms with Gasteiger partial charge in [0.1, 0.15) is 5.52 Å². The van der Waals surface area contributed by atoms with Gasteiger partial charge in [-0.2, -0.15) is 4.98 Å². The van der Waals surface area contributed by atoms with Crippen molar-refractivity contribution in [2.45, 2.75) is 12.8 Å². The number of benzene rings is 1. The molecule has 1 heterocycles. The monoisotopic (exact) mass is 251 g/mol. The number of fused-ring (bicyclic) bond motifs is 1. The zero-order chi connectivity index (χ0) is 12.3. The molecule has 5 nitrogen and oxygen atoms in total. The molecule has 2 aromatic rings. The maximum atomic E-state index is 10.3. The van der Waals surface area contributed by atoms with Crippen LogP contribution in [0.3, 0.4) is 0 Å². The third kappa shape index (κ3) is 3.01. The van der Waals surface area contributed by atoms with E-state index in [1.54, 1.807) is 12.1 Å². The fourth-order valence-electron chi connectivity index (χ4n) is 1.25. The van der Waals surface area contributed by atoms with Gasteiger partial charge in [-0.25, -0.2) is 0 Å². The number of carboxylic acid groups (broad SMARTS) is 1. The number of thiocarbonyl (C=S) groups is 1. The Morgan fingerprint density at radius 2 is 2.18 bits per heavy atom. The lowest BCUT2D eigenvalue weighted by Gasteiger charge is -1.99. The SMILES string of the molecule is O=C(O)CCC(=S)Oc1nc2ccccc2o1. The molecule has 88 valence electrons. The number of para-hydroxylation sites is 2. The molecule has 0 radical (unpaired) electrons. The average molecular weight is 251 g/mol. The van der Waals surface area contributed by atoms with Gasteiger partial charge in [0.15, 0.2) is 10.6 Å². The number of aromatic nitrogens is 1. The summed E-state index contributed by atoms with van der Waals surface area (Å²) in [5, 5.41) is 8.64. The molecule has 0 saturated heterocycles. The van der Waals surface area contributed by atoms with E-state index < -0.39 is 5.97 Å². The number of rotatable bonds is 4. The van der Waals surface area contributed by atoms with E-state index in [-0.39, 0.29) is 24.0 Å². The number of hydrogen-bond acceptors (Lipinski definition) is 5. The Morgan fingerprint density at radius 1 is 1.41 bits per heavy atom. The van der Waals surface area contributed by atoms with Crippen LogP contribution in [0.5, 0.6) is 6.08 Å². The Labute approximate surface area is 102 Å². The molecular formula is C11H9NO4S. The standard InChI is InChI=1S/C11H9NO4S/c13-9(14)5-6-10(17)16-11-12-7-3-1-2-4-8(7)15-11/h1-4H,5-6H2,(H,13,14). The predicted molar refractivity (Wildman–Crippen MR) is 64.1 cm³/mol. The highest BCUT2D eigenvalue weighted by Gasteiger charge is 2.10. The van der Waals surface area contributed by atoms with Crippen LogP contribution in [0.1, 0.15) is 12.8 Å². The second-order valence-electron chi connectivity index (χ2n) is 3.32. The normalized spacial score (nSPS) is 10.4. The first kappa shape index (κ1) is 11.5. The second-order valence-corrected chi connectivity index (χ2v) is 3.77. The number of hydrogen-bond donors (Lipinski definition) is 1. The summed E-state index contributed by atoms with van der Waals surface area (Å²) in [6.45, 7) is 0. The van der Waals surface area contributed by atoms with E-state index in [9.17, 15) is 4.79 Å². The van der Waals surface area contributed by atoms with Crippen LogP contribution in [0.15, 0.2) is 28.7 Å². The molecule has 0 aliphatic heterocycles. The minimum atomic E-state index is -0.923. The number of ether oxygens (including phenoxy) is 1. The van der Waals surface area contributed by atoms with Gasteiger partial charge in [0.2, 0.25) is 0 Å². The van der Waals surface area contributed by atoms with Crippen molar-refractivity contribution in [3.8, 4) is 6.08 Å². The lowest BCUT2D eigenvalue weighted by Crippen LogP contribution is -2.08. The van der Waals surface area contributed by atoms with Crippen molar-refractivity contribution in [1.29, 1.82) is 0 Å². The van der Waals surface area contributed by atoms with Crippen LogP contribution in [-0.4, -0.2) is 21.1 Å². The molecule has 0 amide bonds. The van der Waals surface area contributed by atoms with E-state index in [4.69, 9.17) is 26.5 Å². The van der Waals surface area contributed by atoms with Gasteiger partial charge in [0, 0.05) is 6.42 Å². The van der Waals surface area contributed by atoms with Crippen LogP contribution < -0.4 is 4.74 Å². The largest absolute Gasteiger partial charge is 0.481 e. The third-order valence-electron chi connectivity index (χ3n) is 2.02. The Kier molecular flexibility index (Phi) is 3.34. The van der Waals surface area contributed by atoms with Gasteiger partial charge in [-0.05, 0) is 24.4 Å². The smallest absolute Gasteiger partial charge is 0.400 e. The van der Waals surface area contributed by atoms with Crippen molar-refractivity contribution in [1.82, 2.24) is 4.98 Å². The van der Waals surface area contributed by atoms with Crippen LogP contribution in [-0.2, 0) is 4.79 Å². The molecule has 1 aromatic carbocycles. The average Bonchev–Trinajstić information content (AvgIpc) is 2.68. The molecule has 1 N–H and O–H groups in total. The Bertz CT molecular complexity index is 530. The van der Waals surface area contributed by atoms with Crippen molar-refractivity contribution in [2.75, 3.05) is 0 Å². The lowest BCUT2D eigenvalue weighted by molar-refractivity contribution is -0.136. The van der Waals surface area contributed by atoms with E-state index in [0.29, 0.717) is 11.1 Å². The van der Waals surface area contributed by atoms with Crippen molar-refractivity contribution >= 4 is 34.3 Å². The van der Waals surface area contributed by atoms with Crippen LogP contribution in [0.4, 0.5) is 0 Å². The topological polar surface area (TPSA) is 72.6 Å². The minimum absolute atomic E-state index is 0.0431. The summed E-state index contributed by atoms with van der Waals surface area (Å²) in [7, 11) is 0. The van der Waals surface area contributed by atoms with Crippen LogP contribution >= 0.6 is 12.2 Å². The van der Waals surface area contributed by atoms with Crippen molar-refractivity contribution < 1.29 is 19.1 Å². The highest BCUT2D eigenvalue weighted by atomic mass is 32.1. The molecule has 0 saturated carbocycles. The van der Waals surface area contributed by atoms with Crippen molar-refractivity contribution in [3.05, 3.63) is 24.3 Å². The predicted octanol–water partition coefficient (Wildman–Crippen LogP) is 2.40. The number of oxazole rings is 1. The molecule has 0 atom stereocenters. The summed E-state index contributed by atoms with van der Waals surface area (Å²) in [4.78, 5) is 14.4. The summed E-state index contributed by atoms with van der Waals surface area (Å²) in [5.41, 5.74) is 1.27. The van der Waals surface area contributed by atoms with E-state index >= 15 is 0 Å². The molecule has 1 aromatic heterocycles. The molecule has 0 spiro atoms. The number of carbonyl (C=O) groups is 1. The zero-order valence-corrected chi connectivity index (χ0v) is 9.57. The van der Waals surface area contributed by atoms with E-state index in [2.05, 4.69) is 4.98 Å². The Balaban J connectivity index is 2.03. The first-order valence-corrected chi connectivity index (χ1v) is 5.34. The van der Waals surface area contributed by atoms with Gasteiger partial charge in [-0.15, -0.1) is 0 Å². The maximum Gasteiger partial charge on any atom is 0.400 e. The molecular weight excluding hydrogens is 242 g/mol. The van der Waals surface area contributed by atoms with E-state index in [0.717, 1.165) is 0 Å². The molecule has 6 heteroatoms.